The molecule has 0 aliphatic heterocycles. The van der Waals surface area contributed by atoms with Crippen LogP contribution >= 0.6 is 58.5 Å². The normalized spacial score (nSPS) is 11.5. The van der Waals surface area contributed by atoms with Gasteiger partial charge < -0.3 is 16.0 Å². The molecule has 1 atom stereocenters. The van der Waals surface area contributed by atoms with Crippen LogP contribution in [0.25, 0.3) is 11.3 Å². The Kier molecular flexibility index (Phi) is 9.23. The van der Waals surface area contributed by atoms with E-state index in [1.165, 1.54) is 23.1 Å². The summed E-state index contributed by atoms with van der Waals surface area (Å²) in [4.78, 5) is 18.5. The topological polar surface area (TPSA) is 66.0 Å². The Labute approximate surface area is 233 Å². The highest BCUT2D eigenvalue weighted by Gasteiger charge is 2.20. The maximum absolute atomic E-state index is 13.0. The molecule has 4 aromatic rings. The molecular weight excluding hydrogens is 551 g/mol. The first-order chi connectivity index (χ1) is 17.4. The Morgan fingerprint density at radius 2 is 1.75 bits per heavy atom. The molecule has 0 aliphatic carbocycles. The lowest BCUT2D eigenvalue weighted by Crippen LogP contribution is -2.24. The fourth-order valence-corrected chi connectivity index (χ4v) is 5.75. The predicted molar refractivity (Wildman–Crippen MR) is 159 cm³/mol. The third-order valence-electron chi connectivity index (χ3n) is 5.01. The zero-order valence-corrected chi connectivity index (χ0v) is 23.1. The van der Waals surface area contributed by atoms with E-state index in [-0.39, 0.29) is 11.2 Å². The summed E-state index contributed by atoms with van der Waals surface area (Å²) in [6.45, 7) is 1.99. The zero-order chi connectivity index (χ0) is 25.5. The van der Waals surface area contributed by atoms with Gasteiger partial charge in [-0.15, -0.1) is 23.1 Å². The van der Waals surface area contributed by atoms with Crippen LogP contribution in [0.5, 0.6) is 0 Å². The highest BCUT2D eigenvalue weighted by atomic mass is 35.5. The number of thiocarbonyl (C=S) groups is 1. The number of thioether (sulfide) groups is 1. The summed E-state index contributed by atoms with van der Waals surface area (Å²) in [6.07, 6.45) is 0.656. The molecule has 5 nitrogen and oxygen atoms in total. The molecule has 4 rings (SSSR count). The van der Waals surface area contributed by atoms with Gasteiger partial charge in [-0.05, 0) is 67.2 Å². The van der Waals surface area contributed by atoms with Crippen LogP contribution in [0.3, 0.4) is 0 Å². The van der Waals surface area contributed by atoms with E-state index in [0.717, 1.165) is 21.8 Å². The van der Waals surface area contributed by atoms with Crippen LogP contribution in [-0.4, -0.2) is 21.3 Å². The summed E-state index contributed by atoms with van der Waals surface area (Å²) in [5.74, 6) is -0.106. The van der Waals surface area contributed by atoms with Crippen molar-refractivity contribution in [2.75, 3.05) is 16.0 Å². The number of halogens is 2. The van der Waals surface area contributed by atoms with Crippen LogP contribution in [-0.2, 0) is 4.79 Å². The molecule has 0 aliphatic rings. The fraction of sp³-hybridized carbons (Fsp3) is 0.115. The lowest BCUT2D eigenvalue weighted by Gasteiger charge is -2.15. The second-order valence-corrected chi connectivity index (χ2v) is 11.0. The summed E-state index contributed by atoms with van der Waals surface area (Å²) >= 11 is 20.6. The van der Waals surface area contributed by atoms with Gasteiger partial charge in [0.15, 0.2) is 10.2 Å². The van der Waals surface area contributed by atoms with Crippen LogP contribution in [0.2, 0.25) is 10.0 Å². The van der Waals surface area contributed by atoms with E-state index in [1.54, 1.807) is 12.1 Å². The number of amides is 1. The quantitative estimate of drug-likeness (QED) is 0.145. The molecule has 1 heterocycles. The predicted octanol–water partition coefficient (Wildman–Crippen LogP) is 8.44. The molecule has 0 spiro atoms. The van der Waals surface area contributed by atoms with E-state index < -0.39 is 0 Å². The number of carbonyl (C=O) groups excluding carboxylic acids is 1. The van der Waals surface area contributed by atoms with Gasteiger partial charge in [-0.1, -0.05) is 54.4 Å². The van der Waals surface area contributed by atoms with Gasteiger partial charge in [0, 0.05) is 32.2 Å². The molecule has 0 saturated heterocycles. The summed E-state index contributed by atoms with van der Waals surface area (Å²) in [6, 6.07) is 22.8. The minimum absolute atomic E-state index is 0.106. The number of rotatable bonds is 8. The van der Waals surface area contributed by atoms with Crippen molar-refractivity contribution in [1.29, 1.82) is 0 Å². The number of anilines is 3. The van der Waals surface area contributed by atoms with E-state index >= 15 is 0 Å². The van der Waals surface area contributed by atoms with E-state index in [9.17, 15) is 4.79 Å². The Morgan fingerprint density at radius 1 is 1.00 bits per heavy atom. The second kappa shape index (κ2) is 12.6. The summed E-state index contributed by atoms with van der Waals surface area (Å²) in [7, 11) is 0. The number of hydrogen-bond acceptors (Lipinski definition) is 5. The molecular formula is C26H22Cl2N4OS3. The molecule has 3 N–H and O–H groups in total. The Hall–Kier alpha value is -2.62. The van der Waals surface area contributed by atoms with Crippen molar-refractivity contribution < 1.29 is 4.79 Å². The number of benzene rings is 3. The van der Waals surface area contributed by atoms with Crippen LogP contribution < -0.4 is 16.0 Å². The molecule has 184 valence electrons. The highest BCUT2D eigenvalue weighted by molar-refractivity contribution is 8.00. The maximum Gasteiger partial charge on any atom is 0.239 e. The number of nitrogens with one attached hydrogen (secondary N) is 3. The number of hydrogen-bond donors (Lipinski definition) is 3. The highest BCUT2D eigenvalue weighted by Crippen LogP contribution is 2.33. The van der Waals surface area contributed by atoms with E-state index in [1.807, 2.05) is 73.0 Å². The SMILES string of the molecule is CCC(Sc1cccc(NC(=S)Nc2ccccc2)c1)C(=O)Nc1nc(-c2ccc(Cl)cc2Cl)cs1. The van der Waals surface area contributed by atoms with Gasteiger partial charge in [0.05, 0.1) is 16.0 Å². The van der Waals surface area contributed by atoms with Gasteiger partial charge in [-0.25, -0.2) is 4.98 Å². The fourth-order valence-electron chi connectivity index (χ4n) is 3.29. The van der Waals surface area contributed by atoms with Crippen molar-refractivity contribution in [3.8, 4) is 11.3 Å². The van der Waals surface area contributed by atoms with Crippen molar-refractivity contribution in [3.05, 3.63) is 88.2 Å². The number of nitrogens with zero attached hydrogens (tertiary/aromatic N) is 1. The molecule has 1 unspecified atom stereocenters. The number of thiazole rings is 1. The molecule has 0 radical (unpaired) electrons. The van der Waals surface area contributed by atoms with Crippen LogP contribution in [0.4, 0.5) is 16.5 Å². The number of carbonyl (C=O) groups is 1. The molecule has 0 saturated carbocycles. The lowest BCUT2D eigenvalue weighted by molar-refractivity contribution is -0.115. The minimum Gasteiger partial charge on any atom is -0.332 e. The minimum atomic E-state index is -0.291. The third kappa shape index (κ3) is 7.21. The van der Waals surface area contributed by atoms with Gasteiger partial charge in [0.1, 0.15) is 0 Å². The van der Waals surface area contributed by atoms with Gasteiger partial charge >= 0.3 is 0 Å². The smallest absolute Gasteiger partial charge is 0.239 e. The van der Waals surface area contributed by atoms with Gasteiger partial charge in [0.25, 0.3) is 0 Å². The average Bonchev–Trinajstić information content (AvgIpc) is 3.31. The Bertz CT molecular complexity index is 1360. The number of aromatic nitrogens is 1. The molecule has 36 heavy (non-hydrogen) atoms. The summed E-state index contributed by atoms with van der Waals surface area (Å²) < 4.78 is 0. The van der Waals surface area contributed by atoms with Crippen LogP contribution in [0, 0.1) is 0 Å². The van der Waals surface area contributed by atoms with Gasteiger partial charge in [-0.3, -0.25) is 4.79 Å². The first-order valence-corrected chi connectivity index (χ1v) is 13.9. The summed E-state index contributed by atoms with van der Waals surface area (Å²) in [5.41, 5.74) is 3.21. The van der Waals surface area contributed by atoms with E-state index in [0.29, 0.717) is 32.4 Å². The van der Waals surface area contributed by atoms with Crippen LogP contribution in [0.1, 0.15) is 13.3 Å². The van der Waals surface area contributed by atoms with Gasteiger partial charge in [-0.2, -0.15) is 0 Å². The molecule has 0 fully saturated rings. The molecule has 3 aromatic carbocycles. The first kappa shape index (κ1) is 26.4. The largest absolute Gasteiger partial charge is 0.332 e. The van der Waals surface area contributed by atoms with Gasteiger partial charge in [0.2, 0.25) is 5.91 Å². The zero-order valence-electron chi connectivity index (χ0n) is 19.1. The van der Waals surface area contributed by atoms with E-state index in [2.05, 4.69) is 20.9 Å². The average molecular weight is 574 g/mol. The van der Waals surface area contributed by atoms with Crippen molar-refractivity contribution in [2.24, 2.45) is 0 Å². The van der Waals surface area contributed by atoms with Crippen molar-refractivity contribution >= 4 is 86.0 Å². The molecule has 10 heteroatoms. The second-order valence-electron chi connectivity index (χ2n) is 7.64. The molecule has 1 aromatic heterocycles. The monoisotopic (exact) mass is 572 g/mol. The van der Waals surface area contributed by atoms with Crippen LogP contribution in [0.15, 0.2) is 83.1 Å². The van der Waals surface area contributed by atoms with E-state index in [4.69, 9.17) is 35.4 Å². The standard InChI is InChI=1S/C26H22Cl2N4OS3/c1-2-23(24(33)32-26-31-22(15-35-26)20-12-11-16(27)13-21(20)28)36-19-10-6-9-18(14-19)30-25(34)29-17-7-4-3-5-8-17/h3-15,23H,2H2,1H3,(H2,29,30,34)(H,31,32,33). The summed E-state index contributed by atoms with van der Waals surface area (Å²) in [5, 5.41) is 13.0. The maximum atomic E-state index is 13.0. The third-order valence-corrected chi connectivity index (χ3v) is 7.87. The number of para-hydroxylation sites is 1. The molecule has 0 bridgehead atoms. The molecule has 1 amide bonds. The van der Waals surface area contributed by atoms with Crippen molar-refractivity contribution in [1.82, 2.24) is 4.98 Å². The van der Waals surface area contributed by atoms with Crippen molar-refractivity contribution in [2.45, 2.75) is 23.5 Å². The lowest BCUT2D eigenvalue weighted by atomic mass is 10.2. The van der Waals surface area contributed by atoms with Crippen molar-refractivity contribution in [3.63, 3.8) is 0 Å². The first-order valence-electron chi connectivity index (χ1n) is 11.0. The Balaban J connectivity index is 1.37. The Morgan fingerprint density at radius 3 is 2.50 bits per heavy atom.